The van der Waals surface area contributed by atoms with Crippen LogP contribution in [0.15, 0.2) is 66.3 Å². The molecule has 1 amide bonds. The fourth-order valence-corrected chi connectivity index (χ4v) is 3.47. The number of nitrogens with zero attached hydrogens (tertiary/aromatic N) is 3. The largest absolute Gasteiger partial charge is 0.483 e. The number of thioether (sulfide) groups is 1. The number of amides is 1. The Morgan fingerprint density at radius 3 is 2.70 bits per heavy atom. The second kappa shape index (κ2) is 10.6. The van der Waals surface area contributed by atoms with Crippen molar-refractivity contribution < 1.29 is 13.9 Å². The van der Waals surface area contributed by atoms with Gasteiger partial charge in [0.1, 0.15) is 6.61 Å². The molecule has 1 N–H and O–H groups in total. The number of para-hydroxylation sites is 1. The molecular formula is C22H23FN4O2S. The maximum atomic E-state index is 13.7. The van der Waals surface area contributed by atoms with Crippen LogP contribution in [0.5, 0.6) is 5.75 Å². The van der Waals surface area contributed by atoms with Crippen molar-refractivity contribution in [3.05, 3.63) is 78.4 Å². The quantitative estimate of drug-likeness (QED) is 0.383. The highest BCUT2D eigenvalue weighted by molar-refractivity contribution is 7.99. The maximum Gasteiger partial charge on any atom is 0.234 e. The van der Waals surface area contributed by atoms with E-state index in [1.54, 1.807) is 28.8 Å². The molecule has 0 saturated carbocycles. The Hall–Kier alpha value is -3.13. The number of hydrogen-bond acceptors (Lipinski definition) is 5. The van der Waals surface area contributed by atoms with Gasteiger partial charge in [-0.3, -0.25) is 9.36 Å². The summed E-state index contributed by atoms with van der Waals surface area (Å²) in [5, 5.41) is 11.7. The Morgan fingerprint density at radius 1 is 1.23 bits per heavy atom. The zero-order chi connectivity index (χ0) is 21.3. The molecule has 6 nitrogen and oxygen atoms in total. The van der Waals surface area contributed by atoms with Gasteiger partial charge in [-0.25, -0.2) is 4.39 Å². The minimum atomic E-state index is -0.439. The van der Waals surface area contributed by atoms with Gasteiger partial charge in [-0.2, -0.15) is 0 Å². The minimum absolute atomic E-state index is 0.0539. The van der Waals surface area contributed by atoms with Gasteiger partial charge in [0.15, 0.2) is 22.5 Å². The van der Waals surface area contributed by atoms with E-state index in [2.05, 4.69) is 29.0 Å². The maximum absolute atomic E-state index is 13.7. The van der Waals surface area contributed by atoms with Crippen molar-refractivity contribution in [3.8, 4) is 5.75 Å². The molecule has 3 aromatic rings. The van der Waals surface area contributed by atoms with Gasteiger partial charge in [-0.05, 0) is 36.2 Å². The zero-order valence-corrected chi connectivity index (χ0v) is 17.5. The number of hydrogen-bond donors (Lipinski definition) is 1. The number of aryl methyl sites for hydroxylation is 1. The summed E-state index contributed by atoms with van der Waals surface area (Å²) in [5.41, 5.74) is 1.97. The van der Waals surface area contributed by atoms with E-state index in [4.69, 9.17) is 4.74 Å². The number of allylic oxidation sites excluding steroid dienone is 1. The van der Waals surface area contributed by atoms with Crippen molar-refractivity contribution in [1.82, 2.24) is 14.8 Å². The molecule has 0 atom stereocenters. The molecule has 0 unspecified atom stereocenters. The lowest BCUT2D eigenvalue weighted by molar-refractivity contribution is -0.113. The van der Waals surface area contributed by atoms with Gasteiger partial charge in [0.05, 0.1) is 5.75 Å². The lowest BCUT2D eigenvalue weighted by Crippen LogP contribution is -2.15. The summed E-state index contributed by atoms with van der Waals surface area (Å²) in [4.78, 5) is 12.3. The van der Waals surface area contributed by atoms with Crippen LogP contribution in [0.2, 0.25) is 0 Å². The molecule has 3 rings (SSSR count). The highest BCUT2D eigenvalue weighted by Crippen LogP contribution is 2.21. The van der Waals surface area contributed by atoms with E-state index in [1.165, 1.54) is 23.4 Å². The highest BCUT2D eigenvalue weighted by Gasteiger charge is 2.15. The summed E-state index contributed by atoms with van der Waals surface area (Å²) in [6.45, 7) is 6.34. The van der Waals surface area contributed by atoms with E-state index in [1.807, 2.05) is 24.3 Å². The van der Waals surface area contributed by atoms with Crippen molar-refractivity contribution in [2.24, 2.45) is 0 Å². The third kappa shape index (κ3) is 5.70. The molecule has 2 aromatic carbocycles. The number of halogens is 1. The molecule has 0 spiro atoms. The van der Waals surface area contributed by atoms with Crippen molar-refractivity contribution in [1.29, 1.82) is 0 Å². The monoisotopic (exact) mass is 426 g/mol. The first kappa shape index (κ1) is 21.6. The molecule has 0 radical (unpaired) electrons. The van der Waals surface area contributed by atoms with Gasteiger partial charge >= 0.3 is 0 Å². The summed E-state index contributed by atoms with van der Waals surface area (Å²) >= 11 is 1.27. The summed E-state index contributed by atoms with van der Waals surface area (Å²) < 4.78 is 21.1. The summed E-state index contributed by atoms with van der Waals surface area (Å²) in [5.74, 6) is 0.274. The van der Waals surface area contributed by atoms with Gasteiger partial charge in [0.25, 0.3) is 0 Å². The normalized spacial score (nSPS) is 10.6. The van der Waals surface area contributed by atoms with Crippen LogP contribution >= 0.6 is 11.8 Å². The van der Waals surface area contributed by atoms with Crippen molar-refractivity contribution in [3.63, 3.8) is 0 Å². The number of ether oxygens (including phenoxy) is 1. The van der Waals surface area contributed by atoms with E-state index in [-0.39, 0.29) is 24.0 Å². The van der Waals surface area contributed by atoms with E-state index in [9.17, 15) is 9.18 Å². The SMILES string of the molecule is C=CCn1c(COc2ccccc2F)nnc1SCC(=O)Nc1ccc(CC)cc1. The Morgan fingerprint density at radius 2 is 2.00 bits per heavy atom. The first-order chi connectivity index (χ1) is 14.6. The number of anilines is 1. The molecule has 0 fully saturated rings. The third-order valence-corrected chi connectivity index (χ3v) is 5.24. The van der Waals surface area contributed by atoms with Gasteiger partial charge in [0, 0.05) is 12.2 Å². The smallest absolute Gasteiger partial charge is 0.234 e. The molecule has 8 heteroatoms. The third-order valence-electron chi connectivity index (χ3n) is 4.28. The lowest BCUT2D eigenvalue weighted by atomic mass is 10.1. The standard InChI is InChI=1S/C22H23FN4O2S/c1-3-13-27-20(14-29-19-8-6-5-7-18(19)23)25-26-22(27)30-15-21(28)24-17-11-9-16(4-2)10-12-17/h3,5-12H,1,4,13-15H2,2H3,(H,24,28). The van der Waals surface area contributed by atoms with Crippen molar-refractivity contribution in [2.75, 3.05) is 11.1 Å². The molecule has 156 valence electrons. The predicted molar refractivity (Wildman–Crippen MR) is 116 cm³/mol. The number of aromatic nitrogens is 3. The molecule has 0 aliphatic rings. The summed E-state index contributed by atoms with van der Waals surface area (Å²) in [6.07, 6.45) is 2.65. The zero-order valence-electron chi connectivity index (χ0n) is 16.7. The second-order valence-electron chi connectivity index (χ2n) is 6.40. The fraction of sp³-hybridized carbons (Fsp3) is 0.227. The first-order valence-electron chi connectivity index (χ1n) is 9.52. The lowest BCUT2D eigenvalue weighted by Gasteiger charge is -2.10. The van der Waals surface area contributed by atoms with Crippen LogP contribution in [-0.4, -0.2) is 26.4 Å². The van der Waals surface area contributed by atoms with Crippen LogP contribution in [0.1, 0.15) is 18.3 Å². The van der Waals surface area contributed by atoms with Gasteiger partial charge in [0.2, 0.25) is 5.91 Å². The molecule has 0 saturated heterocycles. The molecule has 1 heterocycles. The van der Waals surface area contributed by atoms with Crippen LogP contribution in [0.4, 0.5) is 10.1 Å². The molecular weight excluding hydrogens is 403 g/mol. The summed E-state index contributed by atoms with van der Waals surface area (Å²) in [6, 6.07) is 13.9. The molecule has 0 aliphatic carbocycles. The molecule has 30 heavy (non-hydrogen) atoms. The van der Waals surface area contributed by atoms with Crippen LogP contribution < -0.4 is 10.1 Å². The Bertz CT molecular complexity index is 1000. The first-order valence-corrected chi connectivity index (χ1v) is 10.5. The summed E-state index contributed by atoms with van der Waals surface area (Å²) in [7, 11) is 0. The average molecular weight is 427 g/mol. The molecule has 0 aliphatic heterocycles. The van der Waals surface area contributed by atoms with E-state index >= 15 is 0 Å². The Balaban J connectivity index is 1.60. The van der Waals surface area contributed by atoms with Gasteiger partial charge < -0.3 is 10.1 Å². The van der Waals surface area contributed by atoms with Gasteiger partial charge in [-0.1, -0.05) is 49.0 Å². The topological polar surface area (TPSA) is 69.0 Å². The van der Waals surface area contributed by atoms with Crippen LogP contribution in [0, 0.1) is 5.82 Å². The molecule has 0 bridgehead atoms. The van der Waals surface area contributed by atoms with E-state index in [0.717, 1.165) is 12.1 Å². The number of carbonyl (C=O) groups is 1. The number of rotatable bonds is 10. The van der Waals surface area contributed by atoms with E-state index in [0.29, 0.717) is 17.5 Å². The average Bonchev–Trinajstić information content (AvgIpc) is 3.14. The molecule has 1 aromatic heterocycles. The van der Waals surface area contributed by atoms with Crippen molar-refractivity contribution >= 4 is 23.4 Å². The highest BCUT2D eigenvalue weighted by atomic mass is 32.2. The Kier molecular flexibility index (Phi) is 7.62. The number of carbonyl (C=O) groups excluding carboxylic acids is 1. The number of nitrogens with one attached hydrogen (secondary N) is 1. The van der Waals surface area contributed by atoms with Crippen LogP contribution in [0.3, 0.4) is 0 Å². The van der Waals surface area contributed by atoms with E-state index < -0.39 is 5.82 Å². The Labute approximate surface area is 179 Å². The van der Waals surface area contributed by atoms with Gasteiger partial charge in [-0.15, -0.1) is 16.8 Å². The fourth-order valence-electron chi connectivity index (χ4n) is 2.70. The second-order valence-corrected chi connectivity index (χ2v) is 7.35. The predicted octanol–water partition coefficient (Wildman–Crippen LogP) is 4.48. The minimum Gasteiger partial charge on any atom is -0.483 e. The number of benzene rings is 2. The van der Waals surface area contributed by atoms with Crippen LogP contribution in [0.25, 0.3) is 0 Å². The van der Waals surface area contributed by atoms with Crippen LogP contribution in [-0.2, 0) is 24.4 Å². The van der Waals surface area contributed by atoms with Crippen molar-refractivity contribution in [2.45, 2.75) is 31.7 Å².